The van der Waals surface area contributed by atoms with Crippen LogP contribution in [0.4, 0.5) is 11.5 Å². The second-order valence-corrected chi connectivity index (χ2v) is 8.73. The number of nitrogens with zero attached hydrogens (tertiary/aromatic N) is 7. The summed E-state index contributed by atoms with van der Waals surface area (Å²) in [7, 11) is 0. The molecule has 2 heterocycles. The first-order chi connectivity index (χ1) is 19.8. The molecule has 0 aliphatic carbocycles. The number of fused-ring (bicyclic) bond motifs is 1. The quantitative estimate of drug-likeness (QED) is 0.176. The Hall–Kier alpha value is -6.40. The lowest BCUT2D eigenvalue weighted by molar-refractivity contribution is -0.384. The van der Waals surface area contributed by atoms with Gasteiger partial charge < -0.3 is 10.1 Å². The highest BCUT2D eigenvalue weighted by Crippen LogP contribution is 2.33. The third kappa shape index (κ3) is 5.04. The van der Waals surface area contributed by atoms with Crippen LogP contribution in [-0.4, -0.2) is 36.6 Å². The van der Waals surface area contributed by atoms with Crippen molar-refractivity contribution in [1.29, 1.82) is 10.5 Å². The predicted molar refractivity (Wildman–Crippen MR) is 151 cm³/mol. The van der Waals surface area contributed by atoms with Crippen LogP contribution in [-0.2, 0) is 0 Å². The number of phenols is 1. The molecule has 0 fully saturated rings. The van der Waals surface area contributed by atoms with Crippen molar-refractivity contribution in [1.82, 2.24) is 14.6 Å². The molecule has 5 rings (SSSR count). The summed E-state index contributed by atoms with van der Waals surface area (Å²) >= 11 is 0. The SMILES string of the molecule is C/C(=N\n1c(N=Cc2cccc(O)c2)c(C#N)c(-c2ccc([N+](=O)[O-])cc2)c(C#N)c1=O)c1nc2ccccc2[nH]1. The highest BCUT2D eigenvalue weighted by atomic mass is 16.6. The number of hydrogen-bond acceptors (Lipinski definition) is 9. The van der Waals surface area contributed by atoms with Gasteiger partial charge in [0.15, 0.2) is 11.6 Å². The Balaban J connectivity index is 1.79. The Kier molecular flexibility index (Phi) is 6.88. The van der Waals surface area contributed by atoms with Gasteiger partial charge in [-0.2, -0.15) is 20.3 Å². The van der Waals surface area contributed by atoms with Gasteiger partial charge in [0.2, 0.25) is 0 Å². The lowest BCUT2D eigenvalue weighted by atomic mass is 9.96. The molecule has 2 N–H and O–H groups in total. The van der Waals surface area contributed by atoms with Crippen molar-refractivity contribution in [3.05, 3.63) is 116 Å². The number of benzene rings is 3. The Morgan fingerprint density at radius 3 is 2.46 bits per heavy atom. The Labute approximate surface area is 231 Å². The van der Waals surface area contributed by atoms with Crippen LogP contribution in [0.25, 0.3) is 22.2 Å². The molecule has 0 saturated heterocycles. The van der Waals surface area contributed by atoms with Gasteiger partial charge in [-0.3, -0.25) is 14.9 Å². The fraction of sp³-hybridized carbons (Fsp3) is 0.0345. The van der Waals surface area contributed by atoms with Crippen molar-refractivity contribution in [2.24, 2.45) is 10.1 Å². The van der Waals surface area contributed by atoms with E-state index in [1.165, 1.54) is 42.6 Å². The number of aromatic amines is 1. The van der Waals surface area contributed by atoms with Crippen LogP contribution in [0.1, 0.15) is 29.4 Å². The van der Waals surface area contributed by atoms with Crippen LogP contribution in [0.15, 0.2) is 87.7 Å². The van der Waals surface area contributed by atoms with Gasteiger partial charge in [0.05, 0.1) is 16.0 Å². The standard InChI is InChI=1S/C29H18N8O4/c1-17(27-33-24-7-2-3-8-25(24)34-27)35-36-28(32-16-18-5-4-6-21(38)13-18)22(14-30)26(23(15-31)29(36)39)19-9-11-20(12-10-19)37(40)41/h2-13,16,38H,1H3,(H,33,34)/b32-16?,35-17+. The summed E-state index contributed by atoms with van der Waals surface area (Å²) in [6, 6.07) is 22.5. The number of H-pyrrole nitrogens is 1. The maximum atomic E-state index is 13.7. The number of imidazole rings is 1. The molecular formula is C29H18N8O4. The number of nitriles is 2. The number of rotatable bonds is 6. The molecule has 3 aromatic carbocycles. The normalized spacial score (nSPS) is 11.4. The minimum atomic E-state index is -0.863. The summed E-state index contributed by atoms with van der Waals surface area (Å²) in [5.74, 6) is 0.151. The Bertz CT molecular complexity index is 2010. The van der Waals surface area contributed by atoms with E-state index in [0.717, 1.165) is 10.2 Å². The first kappa shape index (κ1) is 26.2. The third-order valence-electron chi connectivity index (χ3n) is 6.11. The molecule has 0 aliphatic heterocycles. The number of para-hydroxylation sites is 2. The number of nitro groups is 1. The number of aromatic hydroxyl groups is 1. The van der Waals surface area contributed by atoms with Gasteiger partial charge in [-0.25, -0.2) is 9.98 Å². The zero-order valence-corrected chi connectivity index (χ0v) is 21.3. The molecule has 0 atom stereocenters. The first-order valence-electron chi connectivity index (χ1n) is 12.0. The first-order valence-corrected chi connectivity index (χ1v) is 12.0. The number of aromatic nitrogens is 3. The van der Waals surface area contributed by atoms with E-state index in [1.54, 1.807) is 25.1 Å². The molecule has 0 unspecified atom stereocenters. The molecule has 12 heteroatoms. The Morgan fingerprint density at radius 1 is 1.07 bits per heavy atom. The molecule has 0 spiro atoms. The summed E-state index contributed by atoms with van der Waals surface area (Å²) in [4.78, 5) is 36.3. The number of pyridine rings is 1. The van der Waals surface area contributed by atoms with E-state index in [1.807, 2.05) is 30.3 Å². The number of aliphatic imine (C=N–C) groups is 1. The molecule has 12 nitrogen and oxygen atoms in total. The maximum Gasteiger partial charge on any atom is 0.291 e. The van der Waals surface area contributed by atoms with Crippen molar-refractivity contribution >= 4 is 34.5 Å². The van der Waals surface area contributed by atoms with E-state index in [2.05, 4.69) is 20.1 Å². The smallest absolute Gasteiger partial charge is 0.291 e. The monoisotopic (exact) mass is 542 g/mol. The predicted octanol–water partition coefficient (Wildman–Crippen LogP) is 4.77. The average molecular weight is 543 g/mol. The number of hydrogen-bond donors (Lipinski definition) is 2. The van der Waals surface area contributed by atoms with Gasteiger partial charge in [0.25, 0.3) is 11.2 Å². The lowest BCUT2D eigenvalue weighted by Gasteiger charge is -2.13. The van der Waals surface area contributed by atoms with E-state index in [9.17, 15) is 30.5 Å². The van der Waals surface area contributed by atoms with E-state index in [0.29, 0.717) is 16.9 Å². The van der Waals surface area contributed by atoms with Gasteiger partial charge in [-0.15, -0.1) is 0 Å². The molecule has 198 valence electrons. The number of non-ortho nitro benzene ring substituents is 1. The largest absolute Gasteiger partial charge is 0.508 e. The molecule has 0 radical (unpaired) electrons. The number of nitrogens with one attached hydrogen (secondary N) is 1. The van der Waals surface area contributed by atoms with Crippen LogP contribution in [0.2, 0.25) is 0 Å². The van der Waals surface area contributed by atoms with E-state index in [-0.39, 0.29) is 39.7 Å². The second kappa shape index (κ2) is 10.8. The summed E-state index contributed by atoms with van der Waals surface area (Å²) in [5.41, 5.74) is 0.739. The summed E-state index contributed by atoms with van der Waals surface area (Å²) in [6.07, 6.45) is 1.34. The Morgan fingerprint density at radius 2 is 1.80 bits per heavy atom. The summed E-state index contributed by atoms with van der Waals surface area (Å²) < 4.78 is 0.855. The molecule has 0 bridgehead atoms. The fourth-order valence-electron chi connectivity index (χ4n) is 4.17. The maximum absolute atomic E-state index is 13.7. The molecular weight excluding hydrogens is 524 g/mol. The van der Waals surface area contributed by atoms with Crippen LogP contribution in [0.3, 0.4) is 0 Å². The highest BCUT2D eigenvalue weighted by Gasteiger charge is 2.24. The van der Waals surface area contributed by atoms with E-state index >= 15 is 0 Å². The minimum Gasteiger partial charge on any atom is -0.508 e. The van der Waals surface area contributed by atoms with Gasteiger partial charge in [0, 0.05) is 23.9 Å². The zero-order chi connectivity index (χ0) is 29.1. The summed E-state index contributed by atoms with van der Waals surface area (Å²) in [5, 5.41) is 45.7. The molecule has 41 heavy (non-hydrogen) atoms. The van der Waals surface area contributed by atoms with Crippen LogP contribution in [0.5, 0.6) is 5.75 Å². The molecule has 2 aromatic heterocycles. The fourth-order valence-corrected chi connectivity index (χ4v) is 4.17. The van der Waals surface area contributed by atoms with Gasteiger partial charge >= 0.3 is 0 Å². The topological polar surface area (TPSA) is 186 Å². The van der Waals surface area contributed by atoms with E-state index in [4.69, 9.17) is 0 Å². The van der Waals surface area contributed by atoms with Crippen LogP contribution >= 0.6 is 0 Å². The highest BCUT2D eigenvalue weighted by molar-refractivity contribution is 5.98. The van der Waals surface area contributed by atoms with Crippen molar-refractivity contribution in [2.45, 2.75) is 6.92 Å². The van der Waals surface area contributed by atoms with Crippen molar-refractivity contribution in [2.75, 3.05) is 0 Å². The van der Waals surface area contributed by atoms with Crippen LogP contribution in [0, 0.1) is 32.8 Å². The van der Waals surface area contributed by atoms with E-state index < -0.39 is 16.0 Å². The van der Waals surface area contributed by atoms with Gasteiger partial charge in [0.1, 0.15) is 34.7 Å². The number of phenolic OH excluding ortho intramolecular Hbond substituents is 1. The van der Waals surface area contributed by atoms with Crippen molar-refractivity contribution in [3.8, 4) is 29.0 Å². The molecule has 0 amide bonds. The zero-order valence-electron chi connectivity index (χ0n) is 21.3. The summed E-state index contributed by atoms with van der Waals surface area (Å²) in [6.45, 7) is 1.61. The average Bonchev–Trinajstić information content (AvgIpc) is 3.42. The van der Waals surface area contributed by atoms with Crippen molar-refractivity contribution in [3.63, 3.8) is 0 Å². The van der Waals surface area contributed by atoms with Gasteiger partial charge in [-0.1, -0.05) is 24.3 Å². The number of nitro benzene ring substituents is 1. The molecule has 0 aliphatic rings. The third-order valence-corrected chi connectivity index (χ3v) is 6.11. The molecule has 5 aromatic rings. The molecule has 0 saturated carbocycles. The second-order valence-electron chi connectivity index (χ2n) is 8.73. The minimum absolute atomic E-state index is 0.0167. The lowest BCUT2D eigenvalue weighted by Crippen LogP contribution is -2.23. The van der Waals surface area contributed by atoms with Crippen LogP contribution < -0.4 is 5.56 Å². The van der Waals surface area contributed by atoms with Crippen molar-refractivity contribution < 1.29 is 10.0 Å². The van der Waals surface area contributed by atoms with Gasteiger partial charge in [-0.05, 0) is 54.4 Å².